The molecule has 2 amide bonds. The third-order valence-corrected chi connectivity index (χ3v) is 5.42. The van der Waals surface area contributed by atoms with Crippen LogP contribution >= 0.6 is 0 Å². The number of esters is 1. The summed E-state index contributed by atoms with van der Waals surface area (Å²) in [6.45, 7) is 3.93. The van der Waals surface area contributed by atoms with Crippen LogP contribution in [0.2, 0.25) is 0 Å². The number of fused-ring (bicyclic) bond motifs is 1. The molecule has 0 radical (unpaired) electrons. The highest BCUT2D eigenvalue weighted by atomic mass is 16.7. The number of nitrogens with one attached hydrogen (secondary N) is 1. The molecule has 0 unspecified atom stereocenters. The van der Waals surface area contributed by atoms with Crippen LogP contribution in [0.5, 0.6) is 11.5 Å². The lowest BCUT2D eigenvalue weighted by Gasteiger charge is -2.18. The molecule has 1 saturated heterocycles. The van der Waals surface area contributed by atoms with Crippen molar-refractivity contribution >= 4 is 29.2 Å². The van der Waals surface area contributed by atoms with Crippen molar-refractivity contribution in [1.82, 2.24) is 0 Å². The van der Waals surface area contributed by atoms with Gasteiger partial charge in [-0.2, -0.15) is 0 Å². The molecule has 2 heterocycles. The number of benzene rings is 2. The molecule has 162 valence electrons. The average Bonchev–Trinajstić information content (AvgIpc) is 3.39. The quantitative estimate of drug-likeness (QED) is 0.717. The fourth-order valence-electron chi connectivity index (χ4n) is 3.57. The molecule has 1 fully saturated rings. The van der Waals surface area contributed by atoms with Crippen molar-refractivity contribution in [3.05, 3.63) is 48.0 Å². The number of carbonyl (C=O) groups is 3. The van der Waals surface area contributed by atoms with Crippen molar-refractivity contribution in [3.63, 3.8) is 0 Å². The highest BCUT2D eigenvalue weighted by molar-refractivity contribution is 6.00. The molecule has 2 aromatic carbocycles. The number of amides is 2. The van der Waals surface area contributed by atoms with Gasteiger partial charge in [0.2, 0.25) is 12.7 Å². The second-order valence-corrected chi connectivity index (χ2v) is 7.56. The molecule has 0 bridgehead atoms. The standard InChI is InChI=1S/C23H24N2O6/c1-3-15-4-7-18(8-5-15)25-12-16(10-21(25)26)23(28)31-14(2)22(27)24-17-6-9-19-20(11-17)30-13-29-19/h4-9,11,14,16H,3,10,12-13H2,1-2H3,(H,24,27)/t14-,16+/m0/s1. The smallest absolute Gasteiger partial charge is 0.312 e. The van der Waals surface area contributed by atoms with Gasteiger partial charge in [-0.25, -0.2) is 0 Å². The minimum atomic E-state index is -1.01. The van der Waals surface area contributed by atoms with Crippen LogP contribution in [-0.4, -0.2) is 37.2 Å². The molecule has 0 spiro atoms. The maximum Gasteiger partial charge on any atom is 0.312 e. The summed E-state index contributed by atoms with van der Waals surface area (Å²) in [5.41, 5.74) is 2.44. The molecule has 0 aliphatic carbocycles. The van der Waals surface area contributed by atoms with Gasteiger partial charge in [-0.15, -0.1) is 0 Å². The van der Waals surface area contributed by atoms with E-state index in [1.807, 2.05) is 24.3 Å². The van der Waals surface area contributed by atoms with Crippen LogP contribution in [0.25, 0.3) is 0 Å². The molecule has 31 heavy (non-hydrogen) atoms. The third kappa shape index (κ3) is 4.47. The lowest BCUT2D eigenvalue weighted by atomic mass is 10.1. The Morgan fingerprint density at radius 2 is 1.90 bits per heavy atom. The molecule has 2 aliphatic rings. The Morgan fingerprint density at radius 3 is 2.65 bits per heavy atom. The zero-order valence-electron chi connectivity index (χ0n) is 17.4. The maximum absolute atomic E-state index is 12.6. The zero-order chi connectivity index (χ0) is 22.0. The number of nitrogens with zero attached hydrogens (tertiary/aromatic N) is 1. The number of carbonyl (C=O) groups excluding carboxylic acids is 3. The fourth-order valence-corrected chi connectivity index (χ4v) is 3.57. The van der Waals surface area contributed by atoms with Crippen molar-refractivity contribution in [3.8, 4) is 11.5 Å². The van der Waals surface area contributed by atoms with Crippen LogP contribution in [-0.2, 0) is 25.5 Å². The summed E-state index contributed by atoms with van der Waals surface area (Å²) >= 11 is 0. The molecule has 0 saturated carbocycles. The number of ether oxygens (including phenoxy) is 3. The van der Waals surface area contributed by atoms with Crippen molar-refractivity contribution in [2.24, 2.45) is 5.92 Å². The lowest BCUT2D eigenvalue weighted by molar-refractivity contribution is -0.157. The normalized spacial score (nSPS) is 18.1. The summed E-state index contributed by atoms with van der Waals surface area (Å²) in [5, 5.41) is 2.69. The molecule has 0 aromatic heterocycles. The van der Waals surface area contributed by atoms with Crippen molar-refractivity contribution in [2.75, 3.05) is 23.6 Å². The van der Waals surface area contributed by atoms with E-state index in [1.54, 1.807) is 23.1 Å². The van der Waals surface area contributed by atoms with E-state index >= 15 is 0 Å². The van der Waals surface area contributed by atoms with Crippen molar-refractivity contribution in [2.45, 2.75) is 32.8 Å². The Kier molecular flexibility index (Phi) is 5.79. The van der Waals surface area contributed by atoms with Crippen LogP contribution in [0, 0.1) is 5.92 Å². The minimum absolute atomic E-state index is 0.0604. The first-order valence-electron chi connectivity index (χ1n) is 10.2. The number of hydrogen-bond donors (Lipinski definition) is 1. The Bertz CT molecular complexity index is 1000. The van der Waals surface area contributed by atoms with E-state index in [1.165, 1.54) is 12.5 Å². The lowest BCUT2D eigenvalue weighted by Crippen LogP contribution is -2.33. The number of hydrogen-bond acceptors (Lipinski definition) is 6. The van der Waals surface area contributed by atoms with Crippen LogP contribution in [0.3, 0.4) is 0 Å². The molecular formula is C23H24N2O6. The Hall–Kier alpha value is -3.55. The molecule has 4 rings (SSSR count). The van der Waals surface area contributed by atoms with Crippen LogP contribution in [0.4, 0.5) is 11.4 Å². The van der Waals surface area contributed by atoms with Crippen LogP contribution in [0.15, 0.2) is 42.5 Å². The molecule has 8 heteroatoms. The minimum Gasteiger partial charge on any atom is -0.454 e. The summed E-state index contributed by atoms with van der Waals surface area (Å²) in [6.07, 6.45) is -0.0359. The highest BCUT2D eigenvalue weighted by Gasteiger charge is 2.37. The van der Waals surface area contributed by atoms with Gasteiger partial charge in [0.15, 0.2) is 17.6 Å². The fraction of sp³-hybridized carbons (Fsp3) is 0.348. The summed E-state index contributed by atoms with van der Waals surface area (Å²) in [6, 6.07) is 12.7. The molecule has 8 nitrogen and oxygen atoms in total. The van der Waals surface area contributed by atoms with Gasteiger partial charge in [-0.05, 0) is 43.2 Å². The van der Waals surface area contributed by atoms with Gasteiger partial charge in [0, 0.05) is 30.4 Å². The molecule has 1 N–H and O–H groups in total. The van der Waals surface area contributed by atoms with Crippen molar-refractivity contribution < 1.29 is 28.6 Å². The SMILES string of the molecule is CCc1ccc(N2C[C@H](C(=O)O[C@@H](C)C(=O)Nc3ccc4c(c3)OCO4)CC2=O)cc1. The van der Waals surface area contributed by atoms with E-state index in [9.17, 15) is 14.4 Å². The Morgan fingerprint density at radius 1 is 1.16 bits per heavy atom. The maximum atomic E-state index is 12.6. The second kappa shape index (κ2) is 8.67. The first-order valence-corrected chi connectivity index (χ1v) is 10.2. The molecular weight excluding hydrogens is 400 g/mol. The van der Waals surface area contributed by atoms with E-state index in [-0.39, 0.29) is 25.7 Å². The molecule has 2 aromatic rings. The van der Waals surface area contributed by atoms with E-state index in [0.717, 1.165) is 12.1 Å². The average molecular weight is 424 g/mol. The van der Waals surface area contributed by atoms with Crippen LogP contribution < -0.4 is 19.7 Å². The van der Waals surface area contributed by atoms with Gasteiger partial charge in [0.05, 0.1) is 5.92 Å². The van der Waals surface area contributed by atoms with E-state index in [4.69, 9.17) is 14.2 Å². The third-order valence-electron chi connectivity index (χ3n) is 5.42. The van der Waals surface area contributed by atoms with E-state index in [2.05, 4.69) is 12.2 Å². The van der Waals surface area contributed by atoms with E-state index < -0.39 is 23.9 Å². The topological polar surface area (TPSA) is 94.2 Å². The zero-order valence-corrected chi connectivity index (χ0v) is 17.4. The first-order chi connectivity index (χ1) is 14.9. The summed E-state index contributed by atoms with van der Waals surface area (Å²) in [5.74, 6) is -0.628. The van der Waals surface area contributed by atoms with Gasteiger partial charge in [0.1, 0.15) is 0 Å². The summed E-state index contributed by atoms with van der Waals surface area (Å²) < 4.78 is 15.9. The van der Waals surface area contributed by atoms with Gasteiger partial charge < -0.3 is 24.4 Å². The Balaban J connectivity index is 1.33. The largest absolute Gasteiger partial charge is 0.454 e. The predicted octanol–water partition coefficient (Wildman–Crippen LogP) is 2.90. The number of aryl methyl sites for hydroxylation is 1. The van der Waals surface area contributed by atoms with Crippen molar-refractivity contribution in [1.29, 1.82) is 0 Å². The molecule has 2 aliphatic heterocycles. The Labute approximate surface area is 180 Å². The monoisotopic (exact) mass is 424 g/mol. The van der Waals surface area contributed by atoms with Gasteiger partial charge >= 0.3 is 5.97 Å². The van der Waals surface area contributed by atoms with Gasteiger partial charge in [-0.1, -0.05) is 19.1 Å². The number of rotatable bonds is 6. The van der Waals surface area contributed by atoms with Gasteiger partial charge in [-0.3, -0.25) is 14.4 Å². The second-order valence-electron chi connectivity index (χ2n) is 7.56. The summed E-state index contributed by atoms with van der Waals surface area (Å²) in [7, 11) is 0. The first kappa shape index (κ1) is 20.7. The highest BCUT2D eigenvalue weighted by Crippen LogP contribution is 2.34. The summed E-state index contributed by atoms with van der Waals surface area (Å²) in [4.78, 5) is 39.0. The molecule has 2 atom stereocenters. The number of anilines is 2. The van der Waals surface area contributed by atoms with Gasteiger partial charge in [0.25, 0.3) is 5.91 Å². The van der Waals surface area contributed by atoms with E-state index in [0.29, 0.717) is 17.2 Å². The predicted molar refractivity (Wildman–Crippen MR) is 113 cm³/mol. The van der Waals surface area contributed by atoms with Crippen LogP contribution in [0.1, 0.15) is 25.8 Å².